The van der Waals surface area contributed by atoms with Crippen LogP contribution in [0.15, 0.2) is 0 Å². The molecule has 0 aromatic carbocycles. The largest absolute Gasteiger partial charge is 0.444 e. The maximum absolute atomic E-state index is 11.8. The number of alkyl carbamates (subject to hydrolysis) is 2. The Hall–Kier alpha value is -1.46. The van der Waals surface area contributed by atoms with Gasteiger partial charge >= 0.3 is 12.2 Å². The molecule has 1 aliphatic rings. The van der Waals surface area contributed by atoms with Gasteiger partial charge < -0.3 is 20.1 Å². The van der Waals surface area contributed by atoms with Crippen LogP contribution >= 0.6 is 0 Å². The number of carbonyl (C=O) groups excluding carboxylic acids is 2. The highest BCUT2D eigenvalue weighted by molar-refractivity contribution is 5.69. The molecule has 2 N–H and O–H groups in total. The van der Waals surface area contributed by atoms with Crippen molar-refractivity contribution < 1.29 is 19.1 Å². The van der Waals surface area contributed by atoms with E-state index in [2.05, 4.69) is 10.6 Å². The smallest absolute Gasteiger partial charge is 0.407 e. The molecule has 0 bridgehead atoms. The van der Waals surface area contributed by atoms with Gasteiger partial charge in [0.05, 0.1) is 0 Å². The first kappa shape index (κ1) is 18.6. The van der Waals surface area contributed by atoms with Crippen LogP contribution in [0.5, 0.6) is 0 Å². The summed E-state index contributed by atoms with van der Waals surface area (Å²) >= 11 is 0. The normalized spacial score (nSPS) is 22.6. The molecule has 1 saturated carbocycles. The number of carbonyl (C=O) groups is 2. The molecule has 0 spiro atoms. The summed E-state index contributed by atoms with van der Waals surface area (Å²) in [6.07, 6.45) is 2.61. The average Bonchev–Trinajstić information content (AvgIpc) is 2.22. The second-order valence-electron chi connectivity index (χ2n) is 7.85. The molecule has 6 heteroatoms. The van der Waals surface area contributed by atoms with Crippen LogP contribution in [-0.4, -0.2) is 35.5 Å². The zero-order valence-electron chi connectivity index (χ0n) is 14.6. The number of nitrogens with one attached hydrogen (secondary N) is 2. The Kier molecular flexibility index (Phi) is 6.08. The van der Waals surface area contributed by atoms with E-state index in [9.17, 15) is 9.59 Å². The molecule has 1 aliphatic carbocycles. The molecule has 2 amide bonds. The Morgan fingerprint density at radius 2 is 1.18 bits per heavy atom. The van der Waals surface area contributed by atoms with Crippen molar-refractivity contribution in [3.8, 4) is 0 Å². The molecule has 0 aliphatic heterocycles. The number of hydrogen-bond donors (Lipinski definition) is 2. The molecule has 0 saturated heterocycles. The van der Waals surface area contributed by atoms with E-state index in [0.29, 0.717) is 6.42 Å². The summed E-state index contributed by atoms with van der Waals surface area (Å²) in [6.45, 7) is 11.0. The van der Waals surface area contributed by atoms with Gasteiger partial charge in [-0.1, -0.05) is 0 Å². The fraction of sp³-hybridized carbons (Fsp3) is 0.875. The quantitative estimate of drug-likeness (QED) is 0.819. The molecule has 22 heavy (non-hydrogen) atoms. The summed E-state index contributed by atoms with van der Waals surface area (Å²) in [7, 11) is 0. The molecule has 0 aromatic heterocycles. The summed E-state index contributed by atoms with van der Waals surface area (Å²) in [5.74, 6) is 0. The first-order chi connectivity index (χ1) is 9.94. The van der Waals surface area contributed by atoms with E-state index in [1.54, 1.807) is 0 Å². The Bertz CT molecular complexity index is 360. The zero-order chi connectivity index (χ0) is 17.0. The van der Waals surface area contributed by atoms with E-state index in [-0.39, 0.29) is 12.1 Å². The van der Waals surface area contributed by atoms with Crippen LogP contribution < -0.4 is 10.6 Å². The summed E-state index contributed by atoms with van der Waals surface area (Å²) in [6, 6.07) is 0.0343. The maximum atomic E-state index is 11.8. The van der Waals surface area contributed by atoms with Crippen molar-refractivity contribution in [1.29, 1.82) is 0 Å². The van der Waals surface area contributed by atoms with Crippen LogP contribution in [0, 0.1) is 0 Å². The monoisotopic (exact) mass is 314 g/mol. The van der Waals surface area contributed by atoms with Gasteiger partial charge in [-0.05, 0) is 67.2 Å². The van der Waals surface area contributed by atoms with Crippen molar-refractivity contribution in [3.63, 3.8) is 0 Å². The van der Waals surface area contributed by atoms with Gasteiger partial charge in [-0.2, -0.15) is 0 Å². The van der Waals surface area contributed by atoms with Crippen molar-refractivity contribution in [2.75, 3.05) is 0 Å². The van der Waals surface area contributed by atoms with Crippen LogP contribution in [0.25, 0.3) is 0 Å². The van der Waals surface area contributed by atoms with Gasteiger partial charge in [-0.3, -0.25) is 0 Å². The first-order valence-electron chi connectivity index (χ1n) is 7.94. The van der Waals surface area contributed by atoms with Gasteiger partial charge in [-0.25, -0.2) is 9.59 Å². The third-order valence-corrected chi connectivity index (χ3v) is 3.12. The van der Waals surface area contributed by atoms with Gasteiger partial charge in [0.2, 0.25) is 0 Å². The molecule has 2 atom stereocenters. The minimum absolute atomic E-state index is 0.0172. The molecular weight excluding hydrogens is 284 g/mol. The van der Waals surface area contributed by atoms with Gasteiger partial charge in [-0.15, -0.1) is 0 Å². The fourth-order valence-electron chi connectivity index (χ4n) is 2.40. The van der Waals surface area contributed by atoms with Crippen LogP contribution in [0.3, 0.4) is 0 Å². The number of rotatable bonds is 2. The van der Waals surface area contributed by atoms with E-state index in [4.69, 9.17) is 9.47 Å². The fourth-order valence-corrected chi connectivity index (χ4v) is 2.40. The summed E-state index contributed by atoms with van der Waals surface area (Å²) in [4.78, 5) is 23.6. The minimum atomic E-state index is -0.507. The van der Waals surface area contributed by atoms with Crippen LogP contribution in [0.1, 0.15) is 67.2 Å². The highest BCUT2D eigenvalue weighted by atomic mass is 16.6. The molecule has 0 unspecified atom stereocenters. The number of ether oxygens (including phenoxy) is 2. The van der Waals surface area contributed by atoms with E-state index in [1.165, 1.54) is 0 Å². The van der Waals surface area contributed by atoms with Crippen LogP contribution in [0.2, 0.25) is 0 Å². The summed E-state index contributed by atoms with van der Waals surface area (Å²) in [5, 5.41) is 5.75. The number of amides is 2. The van der Waals surface area contributed by atoms with E-state index in [0.717, 1.165) is 19.3 Å². The Balaban J connectivity index is 2.41. The summed E-state index contributed by atoms with van der Waals surface area (Å²) < 4.78 is 10.5. The average molecular weight is 314 g/mol. The van der Waals surface area contributed by atoms with Crippen molar-refractivity contribution in [2.24, 2.45) is 0 Å². The highest BCUT2D eigenvalue weighted by Crippen LogP contribution is 2.20. The Morgan fingerprint density at radius 1 is 0.818 bits per heavy atom. The SMILES string of the molecule is CC(C)(C)OC(=O)N[C@H]1CCC[C@H](NC(=O)OC(C)(C)C)C1. The molecule has 1 rings (SSSR count). The highest BCUT2D eigenvalue weighted by Gasteiger charge is 2.27. The standard InChI is InChI=1S/C16H30N2O4/c1-15(2,3)21-13(19)17-11-8-7-9-12(10-11)18-14(20)22-16(4,5)6/h11-12H,7-10H2,1-6H3,(H,17,19)(H,18,20)/t11-,12-/m0/s1. The number of hydrogen-bond acceptors (Lipinski definition) is 4. The van der Waals surface area contributed by atoms with Crippen LogP contribution in [0.4, 0.5) is 9.59 Å². The molecule has 0 aromatic rings. The molecule has 0 heterocycles. The van der Waals surface area contributed by atoms with Crippen molar-refractivity contribution in [2.45, 2.75) is 90.5 Å². The van der Waals surface area contributed by atoms with Gasteiger partial charge in [0.25, 0.3) is 0 Å². The molecule has 128 valence electrons. The molecule has 6 nitrogen and oxygen atoms in total. The predicted molar refractivity (Wildman–Crippen MR) is 84.8 cm³/mol. The van der Waals surface area contributed by atoms with Crippen molar-refractivity contribution in [1.82, 2.24) is 10.6 Å². The topological polar surface area (TPSA) is 76.7 Å². The first-order valence-corrected chi connectivity index (χ1v) is 7.94. The van der Waals surface area contributed by atoms with Gasteiger partial charge in [0.1, 0.15) is 11.2 Å². The van der Waals surface area contributed by atoms with Gasteiger partial charge in [0, 0.05) is 12.1 Å². The second kappa shape index (κ2) is 7.20. The minimum Gasteiger partial charge on any atom is -0.444 e. The predicted octanol–water partition coefficient (Wildman–Crippen LogP) is 3.35. The third-order valence-electron chi connectivity index (χ3n) is 3.12. The van der Waals surface area contributed by atoms with Crippen LogP contribution in [-0.2, 0) is 9.47 Å². The molecule has 1 fully saturated rings. The second-order valence-corrected chi connectivity index (χ2v) is 7.85. The van der Waals surface area contributed by atoms with Crippen molar-refractivity contribution in [3.05, 3.63) is 0 Å². The lowest BCUT2D eigenvalue weighted by molar-refractivity contribution is 0.0463. The lowest BCUT2D eigenvalue weighted by Crippen LogP contribution is -2.47. The van der Waals surface area contributed by atoms with E-state index in [1.807, 2.05) is 41.5 Å². The maximum Gasteiger partial charge on any atom is 0.407 e. The Labute approximate surface area is 133 Å². The van der Waals surface area contributed by atoms with E-state index >= 15 is 0 Å². The zero-order valence-corrected chi connectivity index (χ0v) is 14.6. The molecular formula is C16H30N2O4. The lowest BCUT2D eigenvalue weighted by atomic mass is 9.91. The Morgan fingerprint density at radius 3 is 1.50 bits per heavy atom. The third kappa shape index (κ3) is 8.10. The molecule has 0 radical (unpaired) electrons. The van der Waals surface area contributed by atoms with Crippen molar-refractivity contribution >= 4 is 12.2 Å². The van der Waals surface area contributed by atoms with Gasteiger partial charge in [0.15, 0.2) is 0 Å². The summed E-state index contributed by atoms with van der Waals surface area (Å²) in [5.41, 5.74) is -1.01. The lowest BCUT2D eigenvalue weighted by Gasteiger charge is -2.31. The van der Waals surface area contributed by atoms with E-state index < -0.39 is 23.4 Å².